The van der Waals surface area contributed by atoms with Gasteiger partial charge in [-0.05, 0) is 6.42 Å². The zero-order valence-electron chi connectivity index (χ0n) is 8.33. The summed E-state index contributed by atoms with van der Waals surface area (Å²) in [6.07, 6.45) is 6.07. The topological polar surface area (TPSA) is 67.8 Å². The van der Waals surface area contributed by atoms with Crippen molar-refractivity contribution in [2.75, 3.05) is 13.2 Å². The second kappa shape index (κ2) is 9.32. The Kier molecular flexibility index (Phi) is 8.77. The molecule has 0 atom stereocenters. The predicted molar refractivity (Wildman–Crippen MR) is 53.0 cm³/mol. The van der Waals surface area contributed by atoms with Gasteiger partial charge in [0.05, 0.1) is 0 Å². The lowest BCUT2D eigenvalue weighted by molar-refractivity contribution is 0.162. The van der Waals surface area contributed by atoms with E-state index < -0.39 is 0 Å². The van der Waals surface area contributed by atoms with Gasteiger partial charge in [0.1, 0.15) is 6.61 Å². The highest BCUT2D eigenvalue weighted by atomic mass is 16.5. The maximum absolute atomic E-state index is 8.19. The fourth-order valence-corrected chi connectivity index (χ4v) is 1.01. The van der Waals surface area contributed by atoms with Gasteiger partial charge in [-0.1, -0.05) is 37.8 Å². The zero-order valence-corrected chi connectivity index (χ0v) is 8.33. The van der Waals surface area contributed by atoms with Crippen molar-refractivity contribution in [2.45, 2.75) is 39.0 Å². The highest BCUT2D eigenvalue weighted by Gasteiger charge is 1.93. The van der Waals surface area contributed by atoms with E-state index in [0.717, 1.165) is 6.42 Å². The van der Waals surface area contributed by atoms with E-state index in [9.17, 15) is 0 Å². The Morgan fingerprint density at radius 3 is 2.62 bits per heavy atom. The summed E-state index contributed by atoms with van der Waals surface area (Å²) >= 11 is 0. The summed E-state index contributed by atoms with van der Waals surface area (Å²) in [6, 6.07) is 0. The third-order valence-corrected chi connectivity index (χ3v) is 1.77. The molecular weight excluding hydrogens is 168 g/mol. The van der Waals surface area contributed by atoms with Crippen molar-refractivity contribution in [1.82, 2.24) is 0 Å². The van der Waals surface area contributed by atoms with Crippen LogP contribution in [0.4, 0.5) is 0 Å². The van der Waals surface area contributed by atoms with Crippen molar-refractivity contribution in [1.29, 1.82) is 0 Å². The molecule has 0 fully saturated rings. The van der Waals surface area contributed by atoms with Gasteiger partial charge in [-0.15, -0.1) is 0 Å². The molecule has 0 aromatic heterocycles. The van der Waals surface area contributed by atoms with Crippen LogP contribution in [0, 0.1) is 0 Å². The number of amidine groups is 1. The summed E-state index contributed by atoms with van der Waals surface area (Å²) < 4.78 is 5.15. The summed E-state index contributed by atoms with van der Waals surface area (Å²) in [5.74, 6) is 0.133. The minimum absolute atomic E-state index is 0.133. The normalized spacial score (nSPS) is 11.9. The van der Waals surface area contributed by atoms with Crippen LogP contribution in [0.3, 0.4) is 0 Å². The van der Waals surface area contributed by atoms with Crippen molar-refractivity contribution in [3.63, 3.8) is 0 Å². The lowest BCUT2D eigenvalue weighted by Crippen LogP contribution is -2.19. The van der Waals surface area contributed by atoms with Crippen LogP contribution in [0.25, 0.3) is 0 Å². The minimum Gasteiger partial charge on any atom is -0.409 e. The molecule has 0 aliphatic carbocycles. The van der Waals surface area contributed by atoms with E-state index in [1.54, 1.807) is 0 Å². The van der Waals surface area contributed by atoms with Gasteiger partial charge >= 0.3 is 0 Å². The smallest absolute Gasteiger partial charge is 0.165 e. The molecule has 0 saturated heterocycles. The molecule has 0 unspecified atom stereocenters. The Balaban J connectivity index is 3.00. The van der Waals surface area contributed by atoms with E-state index >= 15 is 0 Å². The molecule has 0 amide bonds. The quantitative estimate of drug-likeness (QED) is 0.200. The first-order chi connectivity index (χ1) is 6.31. The van der Waals surface area contributed by atoms with Crippen LogP contribution in [0.15, 0.2) is 5.16 Å². The predicted octanol–water partition coefficient (Wildman–Crippen LogP) is 1.72. The first kappa shape index (κ1) is 12.2. The number of ether oxygens (including phenoxy) is 1. The van der Waals surface area contributed by atoms with Gasteiger partial charge in [0, 0.05) is 6.61 Å². The number of hydrogen-bond donors (Lipinski definition) is 2. The van der Waals surface area contributed by atoms with Crippen molar-refractivity contribution in [2.24, 2.45) is 10.9 Å². The molecular formula is C9H20N2O2. The van der Waals surface area contributed by atoms with E-state index in [-0.39, 0.29) is 12.4 Å². The van der Waals surface area contributed by atoms with Crippen LogP contribution in [-0.2, 0) is 4.74 Å². The first-order valence-corrected chi connectivity index (χ1v) is 4.85. The number of oxime groups is 1. The van der Waals surface area contributed by atoms with Crippen LogP contribution in [-0.4, -0.2) is 24.3 Å². The summed E-state index contributed by atoms with van der Waals surface area (Å²) in [6.45, 7) is 3.11. The van der Waals surface area contributed by atoms with Gasteiger partial charge < -0.3 is 15.7 Å². The average Bonchev–Trinajstić information content (AvgIpc) is 2.16. The highest BCUT2D eigenvalue weighted by molar-refractivity contribution is 5.80. The van der Waals surface area contributed by atoms with E-state index in [2.05, 4.69) is 12.1 Å². The second-order valence-corrected chi connectivity index (χ2v) is 3.06. The largest absolute Gasteiger partial charge is 0.409 e. The van der Waals surface area contributed by atoms with Gasteiger partial charge in [0.15, 0.2) is 5.84 Å². The van der Waals surface area contributed by atoms with E-state index in [1.165, 1.54) is 25.7 Å². The molecule has 0 aromatic rings. The number of nitrogens with two attached hydrogens (primary N) is 1. The SMILES string of the molecule is CCCCCCCOC/C(N)=N/O. The summed E-state index contributed by atoms with van der Waals surface area (Å²) in [4.78, 5) is 0. The Hall–Kier alpha value is -0.770. The Bertz CT molecular complexity index is 138. The van der Waals surface area contributed by atoms with Crippen molar-refractivity contribution in [3.8, 4) is 0 Å². The minimum atomic E-state index is 0.133. The van der Waals surface area contributed by atoms with E-state index in [4.69, 9.17) is 15.7 Å². The van der Waals surface area contributed by atoms with Gasteiger partial charge in [0.25, 0.3) is 0 Å². The van der Waals surface area contributed by atoms with Crippen LogP contribution >= 0.6 is 0 Å². The molecule has 0 aliphatic heterocycles. The molecule has 78 valence electrons. The Morgan fingerprint density at radius 2 is 2.00 bits per heavy atom. The molecule has 0 aromatic carbocycles. The Labute approximate surface area is 79.8 Å². The summed E-state index contributed by atoms with van der Waals surface area (Å²) in [5, 5.41) is 11.0. The molecule has 0 spiro atoms. The van der Waals surface area contributed by atoms with Crippen LogP contribution in [0.5, 0.6) is 0 Å². The van der Waals surface area contributed by atoms with Gasteiger partial charge in [-0.2, -0.15) is 0 Å². The molecule has 4 heteroatoms. The Morgan fingerprint density at radius 1 is 1.31 bits per heavy atom. The molecule has 0 saturated carbocycles. The maximum Gasteiger partial charge on any atom is 0.165 e. The van der Waals surface area contributed by atoms with Crippen molar-refractivity contribution >= 4 is 5.84 Å². The molecule has 0 aliphatic rings. The molecule has 0 rings (SSSR count). The fourth-order valence-electron chi connectivity index (χ4n) is 1.01. The van der Waals surface area contributed by atoms with Crippen LogP contribution in [0.1, 0.15) is 39.0 Å². The number of hydrogen-bond acceptors (Lipinski definition) is 3. The van der Waals surface area contributed by atoms with Crippen molar-refractivity contribution in [3.05, 3.63) is 0 Å². The highest BCUT2D eigenvalue weighted by Crippen LogP contribution is 2.01. The maximum atomic E-state index is 8.19. The lowest BCUT2D eigenvalue weighted by Gasteiger charge is -2.02. The second-order valence-electron chi connectivity index (χ2n) is 3.06. The molecule has 0 heterocycles. The molecule has 3 N–H and O–H groups in total. The van der Waals surface area contributed by atoms with E-state index in [0.29, 0.717) is 6.61 Å². The van der Waals surface area contributed by atoms with Crippen LogP contribution in [0.2, 0.25) is 0 Å². The standard InChI is InChI=1S/C9H20N2O2/c1-2-3-4-5-6-7-13-8-9(10)11-12/h12H,2-8H2,1H3,(H2,10,11). The molecule has 0 radical (unpaired) electrons. The zero-order chi connectivity index (χ0) is 9.94. The fraction of sp³-hybridized carbons (Fsp3) is 0.889. The van der Waals surface area contributed by atoms with E-state index in [1.807, 2.05) is 0 Å². The summed E-state index contributed by atoms with van der Waals surface area (Å²) in [5.41, 5.74) is 5.21. The monoisotopic (exact) mass is 188 g/mol. The van der Waals surface area contributed by atoms with Gasteiger partial charge in [-0.3, -0.25) is 0 Å². The van der Waals surface area contributed by atoms with Gasteiger partial charge in [0.2, 0.25) is 0 Å². The number of nitrogens with zero attached hydrogens (tertiary/aromatic N) is 1. The third kappa shape index (κ3) is 9.14. The lowest BCUT2D eigenvalue weighted by atomic mass is 10.2. The summed E-state index contributed by atoms with van der Waals surface area (Å²) in [7, 11) is 0. The molecule has 0 bridgehead atoms. The average molecular weight is 188 g/mol. The number of rotatable bonds is 8. The van der Waals surface area contributed by atoms with Crippen molar-refractivity contribution < 1.29 is 9.94 Å². The number of unbranched alkanes of at least 4 members (excludes halogenated alkanes) is 4. The molecule has 4 nitrogen and oxygen atoms in total. The third-order valence-electron chi connectivity index (χ3n) is 1.77. The van der Waals surface area contributed by atoms with Gasteiger partial charge in [-0.25, -0.2) is 0 Å². The molecule has 13 heavy (non-hydrogen) atoms. The first-order valence-electron chi connectivity index (χ1n) is 4.85. The van der Waals surface area contributed by atoms with Crippen LogP contribution < -0.4 is 5.73 Å².